The number of nitrogens with one attached hydrogen (secondary N) is 1. The van der Waals surface area contributed by atoms with Crippen molar-refractivity contribution in [1.29, 1.82) is 5.26 Å². The number of benzene rings is 1. The first-order valence-corrected chi connectivity index (χ1v) is 11.2. The Bertz CT molecular complexity index is 1350. The minimum atomic E-state index is -0.306. The maximum atomic E-state index is 12.9. The summed E-state index contributed by atoms with van der Waals surface area (Å²) >= 11 is 0. The van der Waals surface area contributed by atoms with Gasteiger partial charge in [0.15, 0.2) is 0 Å². The van der Waals surface area contributed by atoms with Crippen LogP contribution in [0, 0.1) is 25.2 Å². The summed E-state index contributed by atoms with van der Waals surface area (Å²) < 4.78 is 5.45. The molecule has 2 aliphatic rings. The Morgan fingerprint density at radius 1 is 1.12 bits per heavy atom. The fourth-order valence-corrected chi connectivity index (χ4v) is 4.27. The molecule has 5 rings (SSSR count). The van der Waals surface area contributed by atoms with E-state index in [-0.39, 0.29) is 5.91 Å². The molecule has 8 heteroatoms. The second-order valence-electron chi connectivity index (χ2n) is 8.38. The highest BCUT2D eigenvalue weighted by Crippen LogP contribution is 2.28. The van der Waals surface area contributed by atoms with E-state index >= 15 is 0 Å². The van der Waals surface area contributed by atoms with Crippen LogP contribution in [0.1, 0.15) is 43.9 Å². The number of pyridine rings is 2. The predicted octanol–water partition coefficient (Wildman–Crippen LogP) is 3.41. The summed E-state index contributed by atoms with van der Waals surface area (Å²) in [6.45, 7) is 7.27. The summed E-state index contributed by atoms with van der Waals surface area (Å²) in [5.41, 5.74) is 6.93. The van der Waals surface area contributed by atoms with Crippen LogP contribution in [0.15, 0.2) is 47.7 Å². The van der Waals surface area contributed by atoms with Crippen LogP contribution in [0.3, 0.4) is 0 Å². The second-order valence-corrected chi connectivity index (χ2v) is 8.38. The lowest BCUT2D eigenvalue weighted by molar-refractivity contribution is 0.102. The van der Waals surface area contributed by atoms with Gasteiger partial charge >= 0.3 is 0 Å². The van der Waals surface area contributed by atoms with E-state index in [1.54, 1.807) is 6.92 Å². The average Bonchev–Trinajstić information content (AvgIpc) is 3.29. The van der Waals surface area contributed by atoms with Gasteiger partial charge in [-0.05, 0) is 54.8 Å². The molecule has 2 aliphatic heterocycles. The van der Waals surface area contributed by atoms with Crippen molar-refractivity contribution in [2.24, 2.45) is 4.99 Å². The highest BCUT2D eigenvalue weighted by atomic mass is 16.5. The molecule has 0 saturated carbocycles. The zero-order valence-corrected chi connectivity index (χ0v) is 19.1. The molecule has 4 heterocycles. The van der Waals surface area contributed by atoms with E-state index in [0.29, 0.717) is 42.3 Å². The molecule has 0 spiro atoms. The molecular weight excluding hydrogens is 428 g/mol. The molecule has 2 aromatic heterocycles. The molecule has 1 fully saturated rings. The van der Waals surface area contributed by atoms with E-state index in [9.17, 15) is 10.1 Å². The van der Waals surface area contributed by atoms with Gasteiger partial charge in [0.05, 0.1) is 31.0 Å². The van der Waals surface area contributed by atoms with Gasteiger partial charge in [0.25, 0.3) is 5.91 Å². The minimum absolute atomic E-state index is 0.306. The molecule has 1 N–H and O–H groups in total. The summed E-state index contributed by atoms with van der Waals surface area (Å²) in [5.74, 6) is 0.610. The number of morpholine rings is 1. The normalized spacial score (nSPS) is 14.9. The van der Waals surface area contributed by atoms with Crippen LogP contribution < -0.4 is 10.2 Å². The largest absolute Gasteiger partial charge is 0.378 e. The number of aromatic nitrogens is 2. The molecule has 3 aromatic rings. The smallest absolute Gasteiger partial charge is 0.274 e. The van der Waals surface area contributed by atoms with Crippen LogP contribution in [0.2, 0.25) is 0 Å². The molecule has 0 bridgehead atoms. The molecule has 0 radical (unpaired) electrons. The van der Waals surface area contributed by atoms with Crippen molar-refractivity contribution < 1.29 is 9.53 Å². The van der Waals surface area contributed by atoms with Crippen LogP contribution >= 0.6 is 0 Å². The Morgan fingerprint density at radius 3 is 2.74 bits per heavy atom. The molecular formula is C26H24N6O2. The number of hydrogen-bond donors (Lipinski definition) is 1. The van der Waals surface area contributed by atoms with Crippen LogP contribution in [0.25, 0.3) is 0 Å². The number of ether oxygens (including phenoxy) is 1. The third kappa shape index (κ3) is 4.02. The molecule has 8 nitrogen and oxygen atoms in total. The van der Waals surface area contributed by atoms with Gasteiger partial charge in [-0.2, -0.15) is 5.26 Å². The van der Waals surface area contributed by atoms with Gasteiger partial charge in [0.1, 0.15) is 17.6 Å². The third-order valence-corrected chi connectivity index (χ3v) is 6.36. The Hall–Kier alpha value is -4.09. The van der Waals surface area contributed by atoms with E-state index in [2.05, 4.69) is 32.3 Å². The van der Waals surface area contributed by atoms with Gasteiger partial charge in [-0.3, -0.25) is 9.79 Å². The van der Waals surface area contributed by atoms with E-state index in [1.165, 1.54) is 6.20 Å². The van der Waals surface area contributed by atoms with Crippen molar-refractivity contribution in [2.45, 2.75) is 20.4 Å². The average molecular weight is 453 g/mol. The van der Waals surface area contributed by atoms with Crippen LogP contribution in [-0.4, -0.2) is 47.9 Å². The zero-order chi connectivity index (χ0) is 23.7. The van der Waals surface area contributed by atoms with Crippen molar-refractivity contribution in [1.82, 2.24) is 9.97 Å². The molecule has 1 amide bonds. The quantitative estimate of drug-likeness (QED) is 0.651. The Kier molecular flexibility index (Phi) is 5.78. The molecule has 0 atom stereocenters. The highest BCUT2D eigenvalue weighted by molar-refractivity contribution is 6.16. The van der Waals surface area contributed by atoms with Crippen LogP contribution in [-0.2, 0) is 11.3 Å². The Balaban J connectivity index is 1.40. The lowest BCUT2D eigenvalue weighted by atomic mass is 9.99. The van der Waals surface area contributed by atoms with E-state index in [4.69, 9.17) is 9.73 Å². The molecule has 1 saturated heterocycles. The predicted molar refractivity (Wildman–Crippen MR) is 129 cm³/mol. The molecule has 34 heavy (non-hydrogen) atoms. The van der Waals surface area contributed by atoms with Crippen LogP contribution in [0.4, 0.5) is 11.5 Å². The van der Waals surface area contributed by atoms with Crippen molar-refractivity contribution in [3.63, 3.8) is 0 Å². The number of fused-ring (bicyclic) bond motifs is 1. The van der Waals surface area contributed by atoms with E-state index < -0.39 is 0 Å². The number of nitriles is 1. The monoisotopic (exact) mass is 452 g/mol. The third-order valence-electron chi connectivity index (χ3n) is 6.36. The van der Waals surface area contributed by atoms with Gasteiger partial charge in [-0.15, -0.1) is 0 Å². The zero-order valence-electron chi connectivity index (χ0n) is 19.1. The number of hydrogen-bond acceptors (Lipinski definition) is 7. The van der Waals surface area contributed by atoms with Gasteiger partial charge in [0, 0.05) is 42.3 Å². The van der Waals surface area contributed by atoms with E-state index in [0.717, 1.165) is 46.9 Å². The number of amides is 1. The van der Waals surface area contributed by atoms with Gasteiger partial charge in [-0.25, -0.2) is 9.97 Å². The molecule has 170 valence electrons. The Labute approximate surface area is 197 Å². The van der Waals surface area contributed by atoms with Crippen molar-refractivity contribution in [3.05, 3.63) is 81.8 Å². The Morgan fingerprint density at radius 2 is 1.94 bits per heavy atom. The summed E-state index contributed by atoms with van der Waals surface area (Å²) in [7, 11) is 0. The minimum Gasteiger partial charge on any atom is -0.378 e. The summed E-state index contributed by atoms with van der Waals surface area (Å²) in [4.78, 5) is 28.7. The van der Waals surface area contributed by atoms with Crippen LogP contribution in [0.5, 0.6) is 0 Å². The SMILES string of the molecule is Cc1c(C#N)cnc(C(=O)Nc2ccc3c(c2)C(c2ccnc(N4CCOCC4)c2)=NC3)c1C. The number of aliphatic imine (C=N–C) groups is 1. The molecule has 1 aromatic carbocycles. The fraction of sp³-hybridized carbons (Fsp3) is 0.269. The number of nitrogens with zero attached hydrogens (tertiary/aromatic N) is 5. The fourth-order valence-electron chi connectivity index (χ4n) is 4.27. The second kappa shape index (κ2) is 9.04. The molecule has 0 aliphatic carbocycles. The maximum Gasteiger partial charge on any atom is 0.274 e. The van der Waals surface area contributed by atoms with Crippen molar-refractivity contribution in [3.8, 4) is 6.07 Å². The van der Waals surface area contributed by atoms with Crippen molar-refractivity contribution >= 4 is 23.1 Å². The maximum absolute atomic E-state index is 12.9. The lowest BCUT2D eigenvalue weighted by Gasteiger charge is -2.28. The van der Waals surface area contributed by atoms with Gasteiger partial charge < -0.3 is 15.0 Å². The van der Waals surface area contributed by atoms with Gasteiger partial charge in [-0.1, -0.05) is 6.07 Å². The number of carbonyl (C=O) groups excluding carboxylic acids is 1. The van der Waals surface area contributed by atoms with Crippen molar-refractivity contribution in [2.75, 3.05) is 36.5 Å². The first-order chi connectivity index (χ1) is 16.5. The summed E-state index contributed by atoms with van der Waals surface area (Å²) in [6, 6.07) is 12.0. The summed E-state index contributed by atoms with van der Waals surface area (Å²) in [6.07, 6.45) is 3.26. The standard InChI is InChI=1S/C26H24N6O2/c1-16-17(2)24(29-15-20(16)13-27)26(33)31-21-4-3-19-14-30-25(22(19)12-21)18-5-6-28-23(11-18)32-7-9-34-10-8-32/h3-6,11-12,15H,7-10,14H2,1-2H3,(H,31,33). The number of carbonyl (C=O) groups is 1. The first kappa shape index (κ1) is 21.7. The number of rotatable bonds is 4. The number of anilines is 2. The topological polar surface area (TPSA) is 104 Å². The summed E-state index contributed by atoms with van der Waals surface area (Å²) in [5, 5.41) is 12.1. The molecule has 0 unspecified atom stereocenters. The first-order valence-electron chi connectivity index (χ1n) is 11.2. The van der Waals surface area contributed by atoms with E-state index in [1.807, 2.05) is 37.4 Å². The lowest BCUT2D eigenvalue weighted by Crippen LogP contribution is -2.36. The highest BCUT2D eigenvalue weighted by Gasteiger charge is 2.21. The van der Waals surface area contributed by atoms with Gasteiger partial charge in [0.2, 0.25) is 0 Å².